The van der Waals surface area contributed by atoms with Crippen LogP contribution >= 0.6 is 0 Å². The molecule has 15 heavy (non-hydrogen) atoms. The average Bonchev–Trinajstić information content (AvgIpc) is 2.15. The molecule has 0 aromatic heterocycles. The molecule has 0 saturated heterocycles. The number of nitrogens with zero attached hydrogens (tertiary/aromatic N) is 2. The van der Waals surface area contributed by atoms with Crippen LogP contribution in [0.4, 0.5) is 0 Å². The number of hydrogen-bond acceptors (Lipinski definition) is 2. The van der Waals surface area contributed by atoms with Gasteiger partial charge < -0.3 is 0 Å². The third-order valence-electron chi connectivity index (χ3n) is 2.97. The van der Waals surface area contributed by atoms with Crippen molar-refractivity contribution in [3.05, 3.63) is 11.3 Å². The first kappa shape index (κ1) is 15.1. The van der Waals surface area contributed by atoms with E-state index in [0.29, 0.717) is 0 Å². The summed E-state index contributed by atoms with van der Waals surface area (Å²) in [7, 11) is 8.94. The molecule has 90 valence electrons. The van der Waals surface area contributed by atoms with Gasteiger partial charge in [-0.3, -0.25) is 9.80 Å². The molecule has 0 aliphatic carbocycles. The van der Waals surface area contributed by atoms with Gasteiger partial charge in [0.25, 0.3) is 0 Å². The van der Waals surface area contributed by atoms with Gasteiger partial charge in [-0.25, -0.2) is 0 Å². The molecule has 0 fully saturated rings. The Morgan fingerprint density at radius 3 is 2.07 bits per heavy atom. The summed E-state index contributed by atoms with van der Waals surface area (Å²) in [5.41, 5.74) is 0. The lowest BCUT2D eigenvalue weighted by molar-refractivity contribution is 0.200. The molecule has 4 heteroatoms. The molecule has 2 nitrogen and oxygen atoms in total. The van der Waals surface area contributed by atoms with Crippen LogP contribution in [-0.4, -0.2) is 62.8 Å². The number of hydrogen-bond donors (Lipinski definition) is 0. The van der Waals surface area contributed by atoms with E-state index in [-0.39, 0.29) is 19.0 Å². The van der Waals surface area contributed by atoms with E-state index in [1.54, 1.807) is 5.20 Å². The van der Waals surface area contributed by atoms with Gasteiger partial charge in [-0.2, -0.15) is 0 Å². The summed E-state index contributed by atoms with van der Waals surface area (Å²) in [4.78, 5) is 4.74. The highest BCUT2D eigenvalue weighted by Gasteiger charge is 2.12. The second kappa shape index (κ2) is 8.27. The smallest absolute Gasteiger partial charge is 0.0588 e. The molecule has 0 spiro atoms. The van der Waals surface area contributed by atoms with Crippen LogP contribution in [0.25, 0.3) is 0 Å². The third kappa shape index (κ3) is 7.05. The van der Waals surface area contributed by atoms with Gasteiger partial charge in [0.05, 0.1) is 9.52 Å². The van der Waals surface area contributed by atoms with E-state index in [2.05, 4.69) is 57.9 Å². The molecular formula is C11H28N2Si2. The van der Waals surface area contributed by atoms with Crippen LogP contribution in [-0.2, 0) is 0 Å². The molecule has 0 aliphatic rings. The summed E-state index contributed by atoms with van der Waals surface area (Å²) in [5.74, 6) is 0.741. The first-order chi connectivity index (χ1) is 6.99. The Morgan fingerprint density at radius 2 is 1.67 bits per heavy atom. The second-order valence-corrected chi connectivity index (χ2v) is 9.13. The van der Waals surface area contributed by atoms with E-state index in [1.165, 1.54) is 12.1 Å². The molecule has 0 saturated carbocycles. The monoisotopic (exact) mass is 244 g/mol. The molecule has 0 aromatic rings. The Morgan fingerprint density at radius 1 is 1.13 bits per heavy atom. The van der Waals surface area contributed by atoms with Crippen LogP contribution in [0, 0.1) is 0 Å². The predicted molar refractivity (Wildman–Crippen MR) is 77.3 cm³/mol. The average molecular weight is 245 g/mol. The van der Waals surface area contributed by atoms with Crippen LogP contribution < -0.4 is 0 Å². The summed E-state index contributed by atoms with van der Waals surface area (Å²) in [6.45, 7) is 4.46. The van der Waals surface area contributed by atoms with Crippen molar-refractivity contribution in [1.82, 2.24) is 9.80 Å². The van der Waals surface area contributed by atoms with E-state index in [4.69, 9.17) is 0 Å². The Hall–Kier alpha value is 0.0938. The Balaban J connectivity index is 3.73. The lowest BCUT2D eigenvalue weighted by Crippen LogP contribution is -2.45. The molecular weight excluding hydrogens is 216 g/mol. The maximum atomic E-state index is 2.37. The maximum absolute atomic E-state index is 2.37. The fourth-order valence-corrected chi connectivity index (χ4v) is 6.25. The van der Waals surface area contributed by atoms with Crippen LogP contribution in [0.1, 0.15) is 13.8 Å². The topological polar surface area (TPSA) is 6.48 Å². The largest absolute Gasteiger partial charge is 0.297 e. The van der Waals surface area contributed by atoms with E-state index in [9.17, 15) is 0 Å². The molecule has 0 bridgehead atoms. The van der Waals surface area contributed by atoms with Crippen LogP contribution in [0.2, 0.25) is 12.1 Å². The van der Waals surface area contributed by atoms with Gasteiger partial charge in [0.2, 0.25) is 0 Å². The van der Waals surface area contributed by atoms with Crippen molar-refractivity contribution < 1.29 is 0 Å². The number of rotatable bonds is 7. The van der Waals surface area contributed by atoms with Gasteiger partial charge in [-0.1, -0.05) is 23.4 Å². The fourth-order valence-electron chi connectivity index (χ4n) is 1.85. The molecule has 0 rings (SSSR count). The molecule has 0 heterocycles. The van der Waals surface area contributed by atoms with Crippen molar-refractivity contribution >= 4 is 19.0 Å². The lowest BCUT2D eigenvalue weighted by Gasteiger charge is -2.30. The first-order valence-corrected chi connectivity index (χ1v) is 9.46. The van der Waals surface area contributed by atoms with Gasteiger partial charge in [0, 0.05) is 15.3 Å². The van der Waals surface area contributed by atoms with E-state index in [1.807, 2.05) is 0 Å². The van der Waals surface area contributed by atoms with Crippen molar-refractivity contribution in [2.45, 2.75) is 31.7 Å². The Kier molecular flexibility index (Phi) is 8.32. The predicted octanol–water partition coefficient (Wildman–Crippen LogP) is 0.491. The fraction of sp³-hybridized carbons (Fsp3) is 0.818. The van der Waals surface area contributed by atoms with Gasteiger partial charge >= 0.3 is 0 Å². The van der Waals surface area contributed by atoms with Crippen molar-refractivity contribution in [3.8, 4) is 0 Å². The van der Waals surface area contributed by atoms with Gasteiger partial charge in [-0.15, -0.1) is 0 Å². The third-order valence-corrected chi connectivity index (χ3v) is 8.90. The molecule has 0 N–H and O–H groups in total. The highest BCUT2D eigenvalue weighted by atomic mass is 28.2. The van der Waals surface area contributed by atoms with Gasteiger partial charge in [-0.05, 0) is 42.0 Å². The van der Waals surface area contributed by atoms with E-state index < -0.39 is 0 Å². The molecule has 0 radical (unpaired) electrons. The first-order valence-electron chi connectivity index (χ1n) is 5.93. The SMILES string of the molecule is CC=C(C)[SiH2]CC[SiH2]C(N(C)C)N(C)C. The standard InChI is InChI=1S/C11H28N2Si2/c1-7-10(2)14-8-9-15-11(12(3)4)13(5)6/h7,11H,8-9,14-15H2,1-6H3. The molecule has 0 amide bonds. The minimum absolute atomic E-state index is 0.0391. The maximum Gasteiger partial charge on any atom is 0.0588 e. The highest BCUT2D eigenvalue weighted by molar-refractivity contribution is 6.48. The van der Waals surface area contributed by atoms with Gasteiger partial charge in [0.1, 0.15) is 0 Å². The van der Waals surface area contributed by atoms with E-state index >= 15 is 0 Å². The van der Waals surface area contributed by atoms with Crippen molar-refractivity contribution in [2.75, 3.05) is 28.2 Å². The van der Waals surface area contributed by atoms with Gasteiger partial charge in [0.15, 0.2) is 0 Å². The second-order valence-electron chi connectivity index (χ2n) is 4.79. The number of allylic oxidation sites excluding steroid dienone is 2. The summed E-state index contributed by atoms with van der Waals surface area (Å²) in [5, 5.41) is 1.68. The van der Waals surface area contributed by atoms with Crippen LogP contribution in [0.3, 0.4) is 0 Å². The Labute approximate surface area is 100 Å². The summed E-state index contributed by atoms with van der Waals surface area (Å²) in [6.07, 6.45) is 2.29. The van der Waals surface area contributed by atoms with Crippen molar-refractivity contribution in [2.24, 2.45) is 0 Å². The lowest BCUT2D eigenvalue weighted by atomic mass is 10.6. The zero-order valence-corrected chi connectivity index (χ0v) is 14.2. The summed E-state index contributed by atoms with van der Waals surface area (Å²) in [6, 6.07) is 3.03. The highest BCUT2D eigenvalue weighted by Crippen LogP contribution is 2.02. The summed E-state index contributed by atoms with van der Waals surface area (Å²) < 4.78 is 0. The van der Waals surface area contributed by atoms with Crippen LogP contribution in [0.15, 0.2) is 11.3 Å². The molecule has 0 aliphatic heterocycles. The molecule has 0 atom stereocenters. The van der Waals surface area contributed by atoms with Crippen molar-refractivity contribution in [1.29, 1.82) is 0 Å². The Bertz CT molecular complexity index is 183. The minimum Gasteiger partial charge on any atom is -0.297 e. The van der Waals surface area contributed by atoms with Crippen molar-refractivity contribution in [3.63, 3.8) is 0 Å². The zero-order chi connectivity index (χ0) is 11.8. The quantitative estimate of drug-likeness (QED) is 0.365. The zero-order valence-electron chi connectivity index (χ0n) is 11.4. The molecule has 0 unspecified atom stereocenters. The van der Waals surface area contributed by atoms with E-state index in [0.717, 1.165) is 5.79 Å². The van der Waals surface area contributed by atoms with Crippen LogP contribution in [0.5, 0.6) is 0 Å². The minimum atomic E-state index is 0.0391. The summed E-state index contributed by atoms with van der Waals surface area (Å²) >= 11 is 0. The molecule has 0 aromatic carbocycles. The normalized spacial score (nSPS) is 14.9.